The summed E-state index contributed by atoms with van der Waals surface area (Å²) in [5, 5.41) is 11.5. The van der Waals surface area contributed by atoms with Crippen molar-refractivity contribution in [1.29, 1.82) is 0 Å². The van der Waals surface area contributed by atoms with Crippen molar-refractivity contribution in [3.8, 4) is 0 Å². The third kappa shape index (κ3) is 3.69. The van der Waals surface area contributed by atoms with Gasteiger partial charge in [-0.1, -0.05) is 13.0 Å². The highest BCUT2D eigenvalue weighted by Gasteiger charge is 2.13. The van der Waals surface area contributed by atoms with Crippen molar-refractivity contribution in [2.75, 3.05) is 5.32 Å². The molecule has 18 heavy (non-hydrogen) atoms. The average molecular weight is 249 g/mol. The fourth-order valence-electron chi connectivity index (χ4n) is 1.52. The second-order valence-corrected chi connectivity index (χ2v) is 3.97. The summed E-state index contributed by atoms with van der Waals surface area (Å²) in [6, 6.07) is 4.81. The molecule has 0 heterocycles. The van der Waals surface area contributed by atoms with Crippen molar-refractivity contribution in [3.05, 3.63) is 29.3 Å². The molecule has 1 rings (SSSR count). The van der Waals surface area contributed by atoms with Crippen LogP contribution in [0.3, 0.4) is 0 Å². The van der Waals surface area contributed by atoms with E-state index in [1.54, 1.807) is 12.1 Å². The first-order valence-corrected chi connectivity index (χ1v) is 5.59. The van der Waals surface area contributed by atoms with Gasteiger partial charge in [0.1, 0.15) is 5.78 Å². The number of rotatable bonds is 5. The molecule has 0 aliphatic heterocycles. The summed E-state index contributed by atoms with van der Waals surface area (Å²) in [5.41, 5.74) is 1.12. The molecule has 1 amide bonds. The Kier molecular flexibility index (Phi) is 4.59. The van der Waals surface area contributed by atoms with E-state index in [9.17, 15) is 14.4 Å². The van der Waals surface area contributed by atoms with Crippen molar-refractivity contribution in [2.24, 2.45) is 0 Å². The number of hydrogen-bond donors (Lipinski definition) is 2. The van der Waals surface area contributed by atoms with Gasteiger partial charge in [-0.15, -0.1) is 0 Å². The number of anilines is 1. The van der Waals surface area contributed by atoms with Crippen LogP contribution in [0.4, 0.5) is 5.69 Å². The smallest absolute Gasteiger partial charge is 0.337 e. The molecule has 0 unspecified atom stereocenters. The first-order chi connectivity index (χ1) is 8.43. The predicted octanol–water partition coefficient (Wildman–Crippen LogP) is 1.86. The molecule has 5 heteroatoms. The summed E-state index contributed by atoms with van der Waals surface area (Å²) in [6.07, 6.45) is 0.455. The van der Waals surface area contributed by atoms with Gasteiger partial charge < -0.3 is 10.4 Å². The fourth-order valence-corrected chi connectivity index (χ4v) is 1.52. The average Bonchev–Trinajstić information content (AvgIpc) is 2.28. The number of carboxylic acid groups (broad SMARTS) is 1. The van der Waals surface area contributed by atoms with Crippen LogP contribution >= 0.6 is 0 Å². The van der Waals surface area contributed by atoms with Crippen LogP contribution in [0.1, 0.15) is 36.2 Å². The minimum absolute atomic E-state index is 0.0336. The van der Waals surface area contributed by atoms with E-state index in [0.717, 1.165) is 5.56 Å². The Hall–Kier alpha value is -2.17. The van der Waals surface area contributed by atoms with Gasteiger partial charge in [-0.2, -0.15) is 0 Å². The normalized spacial score (nSPS) is 9.89. The molecule has 0 aromatic heterocycles. The molecule has 0 aliphatic rings. The maximum Gasteiger partial charge on any atom is 0.337 e. The molecule has 0 spiro atoms. The molecular weight excluding hydrogens is 234 g/mol. The number of aromatic carboxylic acids is 1. The van der Waals surface area contributed by atoms with Crippen molar-refractivity contribution in [2.45, 2.75) is 26.7 Å². The Morgan fingerprint density at radius 2 is 1.94 bits per heavy atom. The number of nitrogens with one attached hydrogen (secondary N) is 1. The van der Waals surface area contributed by atoms with E-state index < -0.39 is 11.9 Å². The Balaban J connectivity index is 2.98. The second kappa shape index (κ2) is 5.95. The summed E-state index contributed by atoms with van der Waals surface area (Å²) in [6.45, 7) is 3.22. The lowest BCUT2D eigenvalue weighted by atomic mass is 10.1. The first kappa shape index (κ1) is 13.9. The number of amides is 1. The van der Waals surface area contributed by atoms with Crippen LogP contribution in [-0.2, 0) is 16.0 Å². The van der Waals surface area contributed by atoms with Gasteiger partial charge in [0, 0.05) is 0 Å². The zero-order valence-corrected chi connectivity index (χ0v) is 10.3. The molecule has 0 atom stereocenters. The van der Waals surface area contributed by atoms with E-state index >= 15 is 0 Å². The molecule has 1 aromatic carbocycles. The molecule has 0 aliphatic carbocycles. The van der Waals surface area contributed by atoms with Gasteiger partial charge in [0.25, 0.3) is 0 Å². The highest BCUT2D eigenvalue weighted by atomic mass is 16.4. The van der Waals surface area contributed by atoms with Crippen molar-refractivity contribution in [3.63, 3.8) is 0 Å². The van der Waals surface area contributed by atoms with Crippen LogP contribution in [0.5, 0.6) is 0 Å². The van der Waals surface area contributed by atoms with Crippen molar-refractivity contribution < 1.29 is 19.5 Å². The topological polar surface area (TPSA) is 83.5 Å². The molecule has 0 saturated heterocycles. The van der Waals surface area contributed by atoms with E-state index in [1.807, 2.05) is 6.92 Å². The monoisotopic (exact) mass is 249 g/mol. The molecule has 1 aromatic rings. The van der Waals surface area contributed by atoms with Crippen LogP contribution in [0.15, 0.2) is 18.2 Å². The van der Waals surface area contributed by atoms with E-state index in [2.05, 4.69) is 5.32 Å². The van der Waals surface area contributed by atoms with E-state index in [0.29, 0.717) is 6.42 Å². The molecular formula is C13H15NO4. The maximum atomic E-state index is 11.4. The highest BCUT2D eigenvalue weighted by Crippen LogP contribution is 2.18. The highest BCUT2D eigenvalue weighted by molar-refractivity contribution is 6.06. The predicted molar refractivity (Wildman–Crippen MR) is 66.7 cm³/mol. The third-order valence-electron chi connectivity index (χ3n) is 2.41. The Morgan fingerprint density at radius 3 is 2.44 bits per heavy atom. The minimum atomic E-state index is -1.11. The summed E-state index contributed by atoms with van der Waals surface area (Å²) < 4.78 is 0. The van der Waals surface area contributed by atoms with E-state index in [1.165, 1.54) is 13.0 Å². The van der Waals surface area contributed by atoms with Crippen molar-refractivity contribution >= 4 is 23.3 Å². The van der Waals surface area contributed by atoms with Crippen LogP contribution in [0, 0.1) is 0 Å². The van der Waals surface area contributed by atoms with E-state index in [4.69, 9.17) is 5.11 Å². The fraction of sp³-hybridized carbons (Fsp3) is 0.308. The van der Waals surface area contributed by atoms with Gasteiger partial charge in [0.2, 0.25) is 5.91 Å². The molecule has 0 bridgehead atoms. The van der Waals surface area contributed by atoms with Crippen molar-refractivity contribution in [1.82, 2.24) is 0 Å². The van der Waals surface area contributed by atoms with E-state index in [-0.39, 0.29) is 23.5 Å². The molecule has 0 fully saturated rings. The molecule has 0 saturated carbocycles. The lowest BCUT2D eigenvalue weighted by Gasteiger charge is -2.09. The number of Topliss-reactive ketones (excluding diaryl/α,β-unsaturated/α-hetero) is 1. The molecule has 2 N–H and O–H groups in total. The molecule has 0 radical (unpaired) electrons. The largest absolute Gasteiger partial charge is 0.478 e. The minimum Gasteiger partial charge on any atom is -0.478 e. The summed E-state index contributed by atoms with van der Waals surface area (Å²) in [5.74, 6) is -1.88. The van der Waals surface area contributed by atoms with Gasteiger partial charge in [-0.25, -0.2) is 4.79 Å². The van der Waals surface area contributed by atoms with Crippen LogP contribution < -0.4 is 5.32 Å². The first-order valence-electron chi connectivity index (χ1n) is 5.59. The van der Waals surface area contributed by atoms with Crippen LogP contribution in [0.2, 0.25) is 0 Å². The summed E-state index contributed by atoms with van der Waals surface area (Å²) >= 11 is 0. The standard InChI is InChI=1S/C13H15NO4/c1-3-9-4-5-11(10(7-9)13(17)18)14-12(16)6-8(2)15/h4-5,7H,3,6H2,1-2H3,(H,14,16)(H,17,18). The number of carbonyl (C=O) groups excluding carboxylic acids is 2. The van der Waals surface area contributed by atoms with Gasteiger partial charge >= 0.3 is 5.97 Å². The zero-order valence-electron chi connectivity index (χ0n) is 10.3. The number of benzene rings is 1. The zero-order chi connectivity index (χ0) is 13.7. The molecule has 5 nitrogen and oxygen atoms in total. The summed E-state index contributed by atoms with van der Waals surface area (Å²) in [7, 11) is 0. The van der Waals surface area contributed by atoms with Gasteiger partial charge in [0.15, 0.2) is 0 Å². The van der Waals surface area contributed by atoms with Gasteiger partial charge in [0.05, 0.1) is 17.7 Å². The Labute approximate surface area is 105 Å². The quantitative estimate of drug-likeness (QED) is 0.780. The number of ketones is 1. The number of aryl methyl sites for hydroxylation is 1. The summed E-state index contributed by atoms with van der Waals surface area (Å²) in [4.78, 5) is 33.3. The van der Waals surface area contributed by atoms with Crippen LogP contribution in [0.25, 0.3) is 0 Å². The Bertz CT molecular complexity index is 494. The number of carboxylic acids is 1. The Morgan fingerprint density at radius 1 is 1.28 bits per heavy atom. The van der Waals surface area contributed by atoms with Crippen LogP contribution in [-0.4, -0.2) is 22.8 Å². The van der Waals surface area contributed by atoms with Gasteiger partial charge in [-0.3, -0.25) is 9.59 Å². The second-order valence-electron chi connectivity index (χ2n) is 3.97. The lowest BCUT2D eigenvalue weighted by Crippen LogP contribution is -2.17. The number of hydrogen-bond acceptors (Lipinski definition) is 3. The lowest BCUT2D eigenvalue weighted by molar-refractivity contribution is -0.124. The maximum absolute atomic E-state index is 11.4. The molecule has 96 valence electrons. The third-order valence-corrected chi connectivity index (χ3v) is 2.41. The number of carbonyl (C=O) groups is 3. The van der Waals surface area contributed by atoms with Gasteiger partial charge in [-0.05, 0) is 31.0 Å². The SMILES string of the molecule is CCc1ccc(NC(=O)CC(C)=O)c(C(=O)O)c1.